The minimum atomic E-state index is -2.17. The highest BCUT2D eigenvalue weighted by atomic mass is 33.1. The van der Waals surface area contributed by atoms with E-state index in [9.17, 15) is 4.79 Å². The third-order valence-corrected chi connectivity index (χ3v) is 1.09. The molecule has 2 N–H and O–H groups in total. The minimum absolute atomic E-state index is 0.326. The number of hydrogen-bond acceptors (Lipinski definition) is 6. The highest BCUT2D eigenvalue weighted by Crippen LogP contribution is 1.84. The lowest BCUT2D eigenvalue weighted by Crippen LogP contribution is -2.32. The molecule has 12 heavy (non-hydrogen) atoms. The topological polar surface area (TPSA) is 92.5 Å². The number of esters is 1. The number of thiol groups is 2. The zero-order chi connectivity index (χ0) is 10.1. The summed E-state index contributed by atoms with van der Waals surface area (Å²) < 4.78 is 22.0. The largest absolute Gasteiger partial charge is 0.764 e. The second-order valence-corrected chi connectivity index (χ2v) is 3.22. The zero-order valence-electron chi connectivity index (χ0n) is 6.30. The van der Waals surface area contributed by atoms with Gasteiger partial charge in [-0.2, -0.15) is 12.6 Å². The molecule has 0 aromatic rings. The Morgan fingerprint density at radius 1 is 1.83 bits per heavy atom. The van der Waals surface area contributed by atoms with Gasteiger partial charge in [-0.25, -0.2) is 0 Å². The van der Waals surface area contributed by atoms with E-state index < -0.39 is 22.1 Å². The minimum Gasteiger partial charge on any atom is -0.764 e. The van der Waals surface area contributed by atoms with Gasteiger partial charge in [-0.05, 0) is 0 Å². The van der Waals surface area contributed by atoms with Gasteiger partial charge in [0, 0.05) is 15.9 Å². The van der Waals surface area contributed by atoms with E-state index in [1.165, 1.54) is 7.11 Å². The third-order valence-electron chi connectivity index (χ3n) is 0.701. The summed E-state index contributed by atoms with van der Waals surface area (Å²) in [6.07, 6.45) is 0. The lowest BCUT2D eigenvalue weighted by molar-refractivity contribution is -0.141. The van der Waals surface area contributed by atoms with Crippen LogP contribution in [0.15, 0.2) is 0 Å². The molecule has 5 nitrogen and oxygen atoms in total. The Labute approximate surface area is 83.5 Å². The van der Waals surface area contributed by atoms with Crippen LogP contribution in [-0.4, -0.2) is 33.6 Å². The molecule has 0 aliphatic carbocycles. The lowest BCUT2D eigenvalue weighted by Gasteiger charge is -2.02. The molecule has 74 valence electrons. The summed E-state index contributed by atoms with van der Waals surface area (Å²) >= 11 is 6.67. The number of hydrogen-bond donors (Lipinski definition) is 3. The van der Waals surface area contributed by atoms with Crippen molar-refractivity contribution in [1.82, 2.24) is 0 Å². The number of methoxy groups -OCH3 is 1. The van der Waals surface area contributed by atoms with E-state index in [1.54, 1.807) is 0 Å². The smallest absolute Gasteiger partial charge is 0.323 e. The molecule has 0 saturated heterocycles. The van der Waals surface area contributed by atoms with Crippen molar-refractivity contribution in [3.8, 4) is 0 Å². The van der Waals surface area contributed by atoms with Gasteiger partial charge in [0.25, 0.3) is 0 Å². The highest BCUT2D eigenvalue weighted by molar-refractivity contribution is 8.57. The third kappa shape index (κ3) is 12.9. The fourth-order valence-corrected chi connectivity index (χ4v) is 0.375. The Kier molecular flexibility index (Phi) is 11.5. The Balaban J connectivity index is 0. The van der Waals surface area contributed by atoms with Crippen LogP contribution in [0.4, 0.5) is 0 Å². The van der Waals surface area contributed by atoms with Crippen molar-refractivity contribution in [2.75, 3.05) is 12.9 Å². The Morgan fingerprint density at radius 2 is 2.17 bits per heavy atom. The van der Waals surface area contributed by atoms with Gasteiger partial charge in [-0.3, -0.25) is 9.00 Å². The second-order valence-electron chi connectivity index (χ2n) is 1.53. The van der Waals surface area contributed by atoms with E-state index in [1.807, 2.05) is 0 Å². The fraction of sp³-hybridized carbons (Fsp3) is 0.750. The maximum absolute atomic E-state index is 10.3. The quantitative estimate of drug-likeness (QED) is 0.249. The standard InChI is InChI=1S/C4H9NO2S.H2O2S2/c1-7-4(6)3(5)2-8;1-4(2)3/h3,8H,2,5H2,1H3;(H2,1,2,3)/p-1/t3-;/m0./s1. The molecule has 0 radical (unpaired) electrons. The Bertz CT molecular complexity index is 149. The van der Waals surface area contributed by atoms with Crippen molar-refractivity contribution in [3.63, 3.8) is 0 Å². The van der Waals surface area contributed by atoms with Gasteiger partial charge >= 0.3 is 5.97 Å². The first-order chi connectivity index (χ1) is 5.45. The van der Waals surface area contributed by atoms with Crippen molar-refractivity contribution >= 4 is 40.4 Å². The molecule has 0 fully saturated rings. The normalized spacial score (nSPS) is 13.8. The lowest BCUT2D eigenvalue weighted by atomic mass is 10.4. The van der Waals surface area contributed by atoms with Crippen LogP contribution in [0, 0.1) is 0 Å². The number of rotatable bonds is 2. The van der Waals surface area contributed by atoms with Crippen LogP contribution < -0.4 is 5.73 Å². The Morgan fingerprint density at radius 3 is 2.25 bits per heavy atom. The number of carbonyl (C=O) groups is 1. The van der Waals surface area contributed by atoms with Gasteiger partial charge < -0.3 is 15.0 Å². The summed E-state index contributed by atoms with van der Waals surface area (Å²) in [5.41, 5.74) is 5.18. The maximum Gasteiger partial charge on any atom is 0.323 e. The van der Waals surface area contributed by atoms with Gasteiger partial charge in [0.05, 0.1) is 7.11 Å². The van der Waals surface area contributed by atoms with Crippen LogP contribution in [0.2, 0.25) is 0 Å². The summed E-state index contributed by atoms with van der Waals surface area (Å²) in [5.74, 6) is -0.0906. The van der Waals surface area contributed by atoms with Crippen LogP contribution in [0.3, 0.4) is 0 Å². The van der Waals surface area contributed by atoms with Crippen molar-refractivity contribution in [1.29, 1.82) is 0 Å². The average Bonchev–Trinajstić information content (AvgIpc) is 2.00. The molecule has 0 amide bonds. The molecule has 0 aliphatic heterocycles. The van der Waals surface area contributed by atoms with E-state index in [0.717, 1.165) is 0 Å². The highest BCUT2D eigenvalue weighted by Gasteiger charge is 2.09. The van der Waals surface area contributed by atoms with E-state index >= 15 is 0 Å². The molecule has 0 aromatic heterocycles. The first kappa shape index (κ1) is 14.7. The molecule has 0 aromatic carbocycles. The molecule has 0 spiro atoms. The van der Waals surface area contributed by atoms with Crippen molar-refractivity contribution in [2.24, 2.45) is 5.73 Å². The summed E-state index contributed by atoms with van der Waals surface area (Å²) in [4.78, 5) is 10.3. The van der Waals surface area contributed by atoms with E-state index in [4.69, 9.17) is 14.5 Å². The average molecular weight is 232 g/mol. The zero-order valence-corrected chi connectivity index (χ0v) is 8.90. The molecule has 0 saturated carbocycles. The molecular formula is C4H10NO4S3-. The first-order valence-corrected chi connectivity index (χ1v) is 5.44. The second kappa shape index (κ2) is 9.33. The molecule has 1 unspecified atom stereocenters. The molecule has 2 atom stereocenters. The predicted octanol–water partition coefficient (Wildman–Crippen LogP) is -0.873. The number of carbonyl (C=O) groups excluding carboxylic acids is 1. The van der Waals surface area contributed by atoms with Crippen molar-refractivity contribution in [3.05, 3.63) is 0 Å². The van der Waals surface area contributed by atoms with Crippen LogP contribution in [0.25, 0.3) is 0 Å². The number of ether oxygens (including phenoxy) is 1. The van der Waals surface area contributed by atoms with E-state index in [2.05, 4.69) is 29.0 Å². The fourth-order valence-electron chi connectivity index (χ4n) is 0.226. The molecular weight excluding hydrogens is 222 g/mol. The number of nitrogens with two attached hydrogens (primary N) is 1. The van der Waals surface area contributed by atoms with Crippen molar-refractivity contribution < 1.29 is 18.3 Å². The van der Waals surface area contributed by atoms with Crippen molar-refractivity contribution in [2.45, 2.75) is 6.04 Å². The molecule has 0 rings (SSSR count). The van der Waals surface area contributed by atoms with Crippen LogP contribution >= 0.6 is 24.3 Å². The molecule has 0 aliphatic rings. The van der Waals surface area contributed by atoms with Gasteiger partial charge in [-0.1, -0.05) is 11.7 Å². The van der Waals surface area contributed by atoms with Gasteiger partial charge in [0.2, 0.25) is 0 Å². The molecule has 8 heteroatoms. The SMILES string of the molecule is COC(=O)[C@@H](N)CS.O=S([O-])S. The summed E-state index contributed by atoms with van der Waals surface area (Å²) in [6, 6.07) is -0.580. The Hall–Kier alpha value is 0.240. The van der Waals surface area contributed by atoms with Gasteiger partial charge in [0.15, 0.2) is 0 Å². The summed E-state index contributed by atoms with van der Waals surface area (Å²) in [5, 5.41) is 0. The van der Waals surface area contributed by atoms with Crippen LogP contribution in [-0.2, 0) is 19.6 Å². The van der Waals surface area contributed by atoms with Gasteiger partial charge in [0.1, 0.15) is 6.04 Å². The molecule has 0 heterocycles. The maximum atomic E-state index is 10.3. The van der Waals surface area contributed by atoms with Crippen LogP contribution in [0.1, 0.15) is 0 Å². The van der Waals surface area contributed by atoms with Gasteiger partial charge in [-0.15, -0.1) is 0 Å². The van der Waals surface area contributed by atoms with E-state index in [0.29, 0.717) is 5.75 Å². The predicted molar refractivity (Wildman–Crippen MR) is 51.8 cm³/mol. The summed E-state index contributed by atoms with van der Waals surface area (Å²) in [6.45, 7) is 0. The molecule has 0 bridgehead atoms. The first-order valence-electron chi connectivity index (χ1n) is 2.68. The monoisotopic (exact) mass is 232 g/mol. The van der Waals surface area contributed by atoms with E-state index in [-0.39, 0.29) is 0 Å². The summed E-state index contributed by atoms with van der Waals surface area (Å²) in [7, 11) is -0.869. The van der Waals surface area contributed by atoms with Crippen LogP contribution in [0.5, 0.6) is 0 Å².